The van der Waals surface area contributed by atoms with Crippen molar-refractivity contribution in [2.24, 2.45) is 0 Å². The minimum absolute atomic E-state index is 0.154. The van der Waals surface area contributed by atoms with E-state index in [2.05, 4.69) is 5.32 Å². The molecule has 0 aromatic heterocycles. The quantitative estimate of drug-likeness (QED) is 0.641. The van der Waals surface area contributed by atoms with Crippen LogP contribution < -0.4 is 15.0 Å². The van der Waals surface area contributed by atoms with Crippen molar-refractivity contribution in [1.82, 2.24) is 5.32 Å². The second-order valence-electron chi connectivity index (χ2n) is 5.90. The minimum Gasteiger partial charge on any atom is -0.507 e. The van der Waals surface area contributed by atoms with Gasteiger partial charge in [0, 0.05) is 11.6 Å². The molecule has 0 bridgehead atoms. The number of hydrogen-bond acceptors (Lipinski definition) is 5. The molecule has 0 atom stereocenters. The Morgan fingerprint density at radius 2 is 1.81 bits per heavy atom. The highest BCUT2D eigenvalue weighted by Crippen LogP contribution is 2.27. The van der Waals surface area contributed by atoms with Gasteiger partial charge >= 0.3 is 6.03 Å². The lowest BCUT2D eigenvalue weighted by atomic mass is 10.1. The predicted molar refractivity (Wildman–Crippen MR) is 99.5 cm³/mol. The fourth-order valence-electron chi connectivity index (χ4n) is 2.70. The van der Waals surface area contributed by atoms with Gasteiger partial charge in [0.25, 0.3) is 11.8 Å². The molecule has 138 valence electrons. The van der Waals surface area contributed by atoms with Gasteiger partial charge in [-0.3, -0.25) is 14.9 Å². The van der Waals surface area contributed by atoms with E-state index in [1.54, 1.807) is 18.2 Å². The van der Waals surface area contributed by atoms with Gasteiger partial charge < -0.3 is 9.84 Å². The van der Waals surface area contributed by atoms with Gasteiger partial charge in [0.2, 0.25) is 0 Å². The maximum absolute atomic E-state index is 12.8. The SMILES string of the molecule is CCc1ccc(N2C(=O)NC(=O)/C(=C\c3ccc(OC)cc3O)C2=O)cc1. The first-order valence-electron chi connectivity index (χ1n) is 8.32. The Morgan fingerprint density at radius 3 is 2.41 bits per heavy atom. The summed E-state index contributed by atoms with van der Waals surface area (Å²) in [5.74, 6) is -1.30. The maximum Gasteiger partial charge on any atom is 0.335 e. The second kappa shape index (κ2) is 7.33. The van der Waals surface area contributed by atoms with Gasteiger partial charge in [-0.2, -0.15) is 0 Å². The van der Waals surface area contributed by atoms with Crippen LogP contribution in [0.2, 0.25) is 0 Å². The average molecular weight is 366 g/mol. The molecule has 1 aliphatic heterocycles. The summed E-state index contributed by atoms with van der Waals surface area (Å²) in [4.78, 5) is 38.1. The number of ether oxygens (including phenoxy) is 1. The number of phenolic OH excluding ortho intramolecular Hbond substituents is 1. The molecule has 0 aliphatic carbocycles. The van der Waals surface area contributed by atoms with Crippen molar-refractivity contribution in [2.45, 2.75) is 13.3 Å². The van der Waals surface area contributed by atoms with Crippen molar-refractivity contribution in [3.05, 3.63) is 59.2 Å². The lowest BCUT2D eigenvalue weighted by molar-refractivity contribution is -0.122. The number of barbiturate groups is 1. The van der Waals surface area contributed by atoms with E-state index in [-0.39, 0.29) is 16.9 Å². The monoisotopic (exact) mass is 366 g/mol. The summed E-state index contributed by atoms with van der Waals surface area (Å²) in [5, 5.41) is 12.2. The lowest BCUT2D eigenvalue weighted by Gasteiger charge is -2.26. The first kappa shape index (κ1) is 18.2. The maximum atomic E-state index is 12.8. The fraction of sp³-hybridized carbons (Fsp3) is 0.150. The number of hydrogen-bond donors (Lipinski definition) is 2. The van der Waals surface area contributed by atoms with Crippen LogP contribution in [0.5, 0.6) is 11.5 Å². The zero-order chi connectivity index (χ0) is 19.6. The molecule has 3 rings (SSSR count). The number of methoxy groups -OCH3 is 1. The number of rotatable bonds is 4. The first-order chi connectivity index (χ1) is 12.9. The number of nitrogens with zero attached hydrogens (tertiary/aromatic N) is 1. The van der Waals surface area contributed by atoms with Crippen LogP contribution in [-0.4, -0.2) is 30.1 Å². The molecule has 1 heterocycles. The van der Waals surface area contributed by atoms with E-state index in [0.29, 0.717) is 11.4 Å². The second-order valence-corrected chi connectivity index (χ2v) is 5.90. The number of nitrogens with one attached hydrogen (secondary N) is 1. The number of amides is 4. The summed E-state index contributed by atoms with van der Waals surface area (Å²) >= 11 is 0. The number of carbonyl (C=O) groups excluding carboxylic acids is 3. The Labute approximate surface area is 155 Å². The van der Waals surface area contributed by atoms with Crippen molar-refractivity contribution in [1.29, 1.82) is 0 Å². The van der Waals surface area contributed by atoms with Crippen LogP contribution in [0.3, 0.4) is 0 Å². The number of imide groups is 2. The fourth-order valence-corrected chi connectivity index (χ4v) is 2.70. The van der Waals surface area contributed by atoms with Gasteiger partial charge in [-0.25, -0.2) is 9.69 Å². The van der Waals surface area contributed by atoms with Gasteiger partial charge in [0.15, 0.2) is 0 Å². The summed E-state index contributed by atoms with van der Waals surface area (Å²) in [6, 6.07) is 10.6. The van der Waals surface area contributed by atoms with Crippen LogP contribution in [0.1, 0.15) is 18.1 Å². The normalized spacial score (nSPS) is 15.9. The van der Waals surface area contributed by atoms with Crippen molar-refractivity contribution in [3.63, 3.8) is 0 Å². The zero-order valence-electron chi connectivity index (χ0n) is 14.9. The number of anilines is 1. The number of aromatic hydroxyl groups is 1. The zero-order valence-corrected chi connectivity index (χ0v) is 14.9. The minimum atomic E-state index is -0.818. The summed E-state index contributed by atoms with van der Waals surface area (Å²) in [6.07, 6.45) is 2.06. The standard InChI is InChI=1S/C20H18N2O5/c1-3-12-4-7-14(8-5-12)22-19(25)16(18(24)21-20(22)26)10-13-6-9-15(27-2)11-17(13)23/h4-11,23H,3H2,1-2H3,(H,21,24,26)/b16-10+. The van der Waals surface area contributed by atoms with Crippen molar-refractivity contribution in [3.8, 4) is 11.5 Å². The van der Waals surface area contributed by atoms with Crippen molar-refractivity contribution >= 4 is 29.6 Å². The first-order valence-corrected chi connectivity index (χ1v) is 8.32. The molecule has 1 fully saturated rings. The molecular weight excluding hydrogens is 348 g/mol. The molecule has 1 saturated heterocycles. The number of phenols is 1. The summed E-state index contributed by atoms with van der Waals surface area (Å²) in [5.41, 5.74) is 1.41. The lowest BCUT2D eigenvalue weighted by Crippen LogP contribution is -2.54. The van der Waals surface area contributed by atoms with E-state index in [0.717, 1.165) is 16.9 Å². The molecule has 0 unspecified atom stereocenters. The molecule has 0 radical (unpaired) electrons. The van der Waals surface area contributed by atoms with Gasteiger partial charge in [-0.05, 0) is 42.3 Å². The molecule has 4 amide bonds. The highest BCUT2D eigenvalue weighted by atomic mass is 16.5. The molecule has 0 spiro atoms. The average Bonchev–Trinajstić information content (AvgIpc) is 2.66. The van der Waals surface area contributed by atoms with Gasteiger partial charge in [-0.1, -0.05) is 19.1 Å². The molecule has 7 nitrogen and oxygen atoms in total. The topological polar surface area (TPSA) is 95.9 Å². The van der Waals surface area contributed by atoms with Crippen LogP contribution in [0.4, 0.5) is 10.5 Å². The Balaban J connectivity index is 1.99. The van der Waals surface area contributed by atoms with Crippen molar-refractivity contribution in [2.75, 3.05) is 12.0 Å². The third-order valence-electron chi connectivity index (χ3n) is 4.24. The van der Waals surface area contributed by atoms with Crippen LogP contribution in [0.25, 0.3) is 6.08 Å². The summed E-state index contributed by atoms with van der Waals surface area (Å²) in [7, 11) is 1.46. The van der Waals surface area contributed by atoms with E-state index in [1.807, 2.05) is 19.1 Å². The van der Waals surface area contributed by atoms with Crippen LogP contribution in [0.15, 0.2) is 48.0 Å². The van der Waals surface area contributed by atoms with Gasteiger partial charge in [-0.15, -0.1) is 0 Å². The molecule has 2 aromatic rings. The van der Waals surface area contributed by atoms with Crippen LogP contribution in [-0.2, 0) is 16.0 Å². The molecule has 2 aromatic carbocycles. The van der Waals surface area contributed by atoms with E-state index in [1.165, 1.54) is 25.3 Å². The predicted octanol–water partition coefficient (Wildman–Crippen LogP) is 2.63. The number of urea groups is 1. The Kier molecular flexibility index (Phi) is 4.94. The third kappa shape index (κ3) is 3.52. The van der Waals surface area contributed by atoms with Crippen LogP contribution >= 0.6 is 0 Å². The highest BCUT2D eigenvalue weighted by molar-refractivity contribution is 6.39. The smallest absolute Gasteiger partial charge is 0.335 e. The largest absolute Gasteiger partial charge is 0.507 e. The molecule has 1 aliphatic rings. The molecular formula is C20H18N2O5. The van der Waals surface area contributed by atoms with E-state index in [4.69, 9.17) is 4.74 Å². The van der Waals surface area contributed by atoms with Gasteiger partial charge in [0.1, 0.15) is 17.1 Å². The number of benzene rings is 2. The highest BCUT2D eigenvalue weighted by Gasteiger charge is 2.36. The summed E-state index contributed by atoms with van der Waals surface area (Å²) in [6.45, 7) is 1.99. The third-order valence-corrected chi connectivity index (χ3v) is 4.24. The molecule has 7 heteroatoms. The Bertz CT molecular complexity index is 947. The molecule has 2 N–H and O–H groups in total. The molecule has 0 saturated carbocycles. The van der Waals surface area contributed by atoms with Crippen LogP contribution in [0, 0.1) is 0 Å². The van der Waals surface area contributed by atoms with Gasteiger partial charge in [0.05, 0.1) is 12.8 Å². The molecule has 27 heavy (non-hydrogen) atoms. The van der Waals surface area contributed by atoms with E-state index < -0.39 is 17.8 Å². The van der Waals surface area contributed by atoms with Crippen molar-refractivity contribution < 1.29 is 24.2 Å². The Hall–Kier alpha value is -3.61. The number of carbonyl (C=O) groups is 3. The summed E-state index contributed by atoms with van der Waals surface area (Å²) < 4.78 is 5.01. The van der Waals surface area contributed by atoms with E-state index >= 15 is 0 Å². The Morgan fingerprint density at radius 1 is 1.11 bits per heavy atom. The number of aryl methyl sites for hydroxylation is 1. The van der Waals surface area contributed by atoms with E-state index in [9.17, 15) is 19.5 Å².